The van der Waals surface area contributed by atoms with Gasteiger partial charge in [0.15, 0.2) is 0 Å². The third-order valence-corrected chi connectivity index (χ3v) is 4.30. The molecule has 1 aromatic rings. The van der Waals surface area contributed by atoms with E-state index in [4.69, 9.17) is 0 Å². The summed E-state index contributed by atoms with van der Waals surface area (Å²) >= 11 is 0. The fraction of sp³-hybridized carbons (Fsp3) is 0.529. The Kier molecular flexibility index (Phi) is 5.95. The first kappa shape index (κ1) is 18.7. The summed E-state index contributed by atoms with van der Waals surface area (Å²) in [5, 5.41) is 16.5. The van der Waals surface area contributed by atoms with Crippen LogP contribution in [0.2, 0.25) is 0 Å². The van der Waals surface area contributed by atoms with Crippen molar-refractivity contribution in [3.63, 3.8) is 0 Å². The first-order valence-electron chi connectivity index (χ1n) is 8.39. The highest BCUT2D eigenvalue weighted by Gasteiger charge is 2.26. The van der Waals surface area contributed by atoms with Crippen LogP contribution in [0, 0.1) is 16.0 Å². The maximum Gasteiger partial charge on any atom is 0.270 e. The van der Waals surface area contributed by atoms with Crippen molar-refractivity contribution in [2.75, 3.05) is 25.0 Å². The van der Waals surface area contributed by atoms with Crippen molar-refractivity contribution in [2.45, 2.75) is 32.7 Å². The number of carbonyl (C=O) groups excluding carboxylic acids is 2. The number of piperidine rings is 1. The molecule has 8 nitrogen and oxygen atoms in total. The van der Waals surface area contributed by atoms with Crippen LogP contribution in [0.5, 0.6) is 0 Å². The largest absolute Gasteiger partial charge is 0.369 e. The van der Waals surface area contributed by atoms with E-state index in [1.54, 1.807) is 6.07 Å². The third kappa shape index (κ3) is 4.46. The molecule has 1 aromatic carbocycles. The van der Waals surface area contributed by atoms with Gasteiger partial charge in [-0.3, -0.25) is 19.7 Å². The van der Waals surface area contributed by atoms with Crippen LogP contribution in [-0.2, 0) is 4.79 Å². The summed E-state index contributed by atoms with van der Waals surface area (Å²) in [5.74, 6) is -0.453. The van der Waals surface area contributed by atoms with E-state index < -0.39 is 4.92 Å². The van der Waals surface area contributed by atoms with Gasteiger partial charge < -0.3 is 15.5 Å². The molecule has 1 unspecified atom stereocenters. The number of hydrogen-bond donors (Lipinski definition) is 2. The molecule has 1 atom stereocenters. The van der Waals surface area contributed by atoms with Crippen LogP contribution in [-0.4, -0.2) is 42.9 Å². The van der Waals surface area contributed by atoms with Gasteiger partial charge >= 0.3 is 0 Å². The predicted octanol–water partition coefficient (Wildman–Crippen LogP) is 1.70. The summed E-state index contributed by atoms with van der Waals surface area (Å²) in [6.07, 6.45) is 1.74. The number of nitro groups is 1. The van der Waals surface area contributed by atoms with Gasteiger partial charge in [0.05, 0.1) is 16.2 Å². The highest BCUT2D eigenvalue weighted by molar-refractivity contribution is 6.00. The van der Waals surface area contributed by atoms with Crippen molar-refractivity contribution in [3.05, 3.63) is 33.9 Å². The third-order valence-electron chi connectivity index (χ3n) is 4.30. The van der Waals surface area contributed by atoms with Gasteiger partial charge in [0.2, 0.25) is 5.91 Å². The maximum absolute atomic E-state index is 12.2. The summed E-state index contributed by atoms with van der Waals surface area (Å²) < 4.78 is 0. The monoisotopic (exact) mass is 348 g/mol. The van der Waals surface area contributed by atoms with E-state index in [2.05, 4.69) is 10.6 Å². The van der Waals surface area contributed by atoms with Crippen LogP contribution >= 0.6 is 0 Å². The fourth-order valence-electron chi connectivity index (χ4n) is 2.91. The molecule has 0 aliphatic carbocycles. The topological polar surface area (TPSA) is 105 Å². The van der Waals surface area contributed by atoms with Crippen LogP contribution in [0.25, 0.3) is 0 Å². The lowest BCUT2D eigenvalue weighted by atomic mass is 10.0. The first-order chi connectivity index (χ1) is 11.8. The molecular weight excluding hydrogens is 324 g/mol. The van der Waals surface area contributed by atoms with E-state index in [1.165, 1.54) is 19.2 Å². The Balaban J connectivity index is 2.25. The van der Waals surface area contributed by atoms with E-state index in [9.17, 15) is 19.7 Å². The van der Waals surface area contributed by atoms with Crippen molar-refractivity contribution in [1.29, 1.82) is 0 Å². The molecule has 2 amide bonds. The Morgan fingerprint density at radius 1 is 1.36 bits per heavy atom. The van der Waals surface area contributed by atoms with Crippen molar-refractivity contribution >= 4 is 23.2 Å². The SMILES string of the molecule is CNC(=O)c1cc([N+](=O)[O-])ccc1N1CCCC(NC(=O)C(C)C)C1. The van der Waals surface area contributed by atoms with Gasteiger partial charge in [0.25, 0.3) is 11.6 Å². The van der Waals surface area contributed by atoms with Gasteiger partial charge in [0, 0.05) is 44.2 Å². The molecule has 1 aliphatic heterocycles. The Hall–Kier alpha value is -2.64. The Labute approximate surface area is 146 Å². The molecule has 0 bridgehead atoms. The average Bonchev–Trinajstić information content (AvgIpc) is 2.60. The number of benzene rings is 1. The van der Waals surface area contributed by atoms with E-state index >= 15 is 0 Å². The molecule has 1 saturated heterocycles. The molecule has 0 saturated carbocycles. The second-order valence-electron chi connectivity index (χ2n) is 6.49. The van der Waals surface area contributed by atoms with Crippen LogP contribution < -0.4 is 15.5 Å². The van der Waals surface area contributed by atoms with Gasteiger partial charge in [-0.1, -0.05) is 13.8 Å². The second kappa shape index (κ2) is 7.96. The van der Waals surface area contributed by atoms with E-state index in [-0.39, 0.29) is 35.0 Å². The van der Waals surface area contributed by atoms with E-state index in [0.29, 0.717) is 12.2 Å². The molecule has 1 aliphatic rings. The minimum atomic E-state index is -0.516. The minimum Gasteiger partial charge on any atom is -0.369 e. The molecular formula is C17H24N4O4. The molecule has 1 heterocycles. The predicted molar refractivity (Wildman–Crippen MR) is 94.7 cm³/mol. The van der Waals surface area contributed by atoms with Crippen molar-refractivity contribution < 1.29 is 14.5 Å². The zero-order valence-electron chi connectivity index (χ0n) is 14.7. The lowest BCUT2D eigenvalue weighted by molar-refractivity contribution is -0.384. The molecule has 0 aromatic heterocycles. The van der Waals surface area contributed by atoms with Gasteiger partial charge in [-0.2, -0.15) is 0 Å². The zero-order chi connectivity index (χ0) is 18.6. The zero-order valence-corrected chi connectivity index (χ0v) is 14.7. The fourth-order valence-corrected chi connectivity index (χ4v) is 2.91. The number of nitrogens with one attached hydrogen (secondary N) is 2. The molecule has 25 heavy (non-hydrogen) atoms. The first-order valence-corrected chi connectivity index (χ1v) is 8.39. The summed E-state index contributed by atoms with van der Waals surface area (Å²) in [6.45, 7) is 4.99. The Morgan fingerprint density at radius 2 is 2.08 bits per heavy atom. The molecule has 136 valence electrons. The van der Waals surface area contributed by atoms with Crippen LogP contribution in [0.1, 0.15) is 37.0 Å². The number of rotatable bonds is 5. The lowest BCUT2D eigenvalue weighted by Gasteiger charge is -2.35. The molecule has 1 fully saturated rings. The number of hydrogen-bond acceptors (Lipinski definition) is 5. The molecule has 2 N–H and O–H groups in total. The number of nitro benzene ring substituents is 1. The Morgan fingerprint density at radius 3 is 2.68 bits per heavy atom. The summed E-state index contributed by atoms with van der Waals surface area (Å²) in [4.78, 5) is 36.6. The number of carbonyl (C=O) groups is 2. The standard InChI is InChI=1S/C17H24N4O4/c1-11(2)16(22)19-12-5-4-8-20(10-12)15-7-6-13(21(24)25)9-14(15)17(23)18-3/h6-7,9,11-12H,4-5,8,10H2,1-3H3,(H,18,23)(H,19,22). The number of anilines is 1. The number of non-ortho nitro benzene ring substituents is 1. The lowest BCUT2D eigenvalue weighted by Crippen LogP contribution is -2.49. The molecule has 0 radical (unpaired) electrons. The van der Waals surface area contributed by atoms with Gasteiger partial charge in [-0.25, -0.2) is 0 Å². The number of amides is 2. The summed E-state index contributed by atoms with van der Waals surface area (Å²) in [7, 11) is 1.49. The maximum atomic E-state index is 12.2. The van der Waals surface area contributed by atoms with Crippen LogP contribution in [0.4, 0.5) is 11.4 Å². The summed E-state index contributed by atoms with van der Waals surface area (Å²) in [5.41, 5.74) is 0.796. The second-order valence-corrected chi connectivity index (χ2v) is 6.49. The molecule has 0 spiro atoms. The van der Waals surface area contributed by atoms with E-state index in [1.807, 2.05) is 18.7 Å². The normalized spacial score (nSPS) is 17.3. The minimum absolute atomic E-state index is 0.00192. The number of nitrogens with zero attached hydrogens (tertiary/aromatic N) is 2. The van der Waals surface area contributed by atoms with Gasteiger partial charge in [0.1, 0.15) is 0 Å². The van der Waals surface area contributed by atoms with Crippen molar-refractivity contribution in [2.24, 2.45) is 5.92 Å². The van der Waals surface area contributed by atoms with Crippen molar-refractivity contribution in [3.8, 4) is 0 Å². The van der Waals surface area contributed by atoms with Crippen LogP contribution in [0.15, 0.2) is 18.2 Å². The smallest absolute Gasteiger partial charge is 0.270 e. The molecule has 2 rings (SSSR count). The average molecular weight is 348 g/mol. The van der Waals surface area contributed by atoms with Gasteiger partial charge in [-0.05, 0) is 18.9 Å². The molecule has 8 heteroatoms. The highest BCUT2D eigenvalue weighted by Crippen LogP contribution is 2.28. The van der Waals surface area contributed by atoms with Crippen LogP contribution in [0.3, 0.4) is 0 Å². The highest BCUT2D eigenvalue weighted by atomic mass is 16.6. The summed E-state index contributed by atoms with van der Waals surface area (Å²) in [6, 6.07) is 4.30. The van der Waals surface area contributed by atoms with Gasteiger partial charge in [-0.15, -0.1) is 0 Å². The Bertz CT molecular complexity index is 675. The quantitative estimate of drug-likeness (QED) is 0.622. The van der Waals surface area contributed by atoms with Crippen molar-refractivity contribution in [1.82, 2.24) is 10.6 Å². The van der Waals surface area contributed by atoms with E-state index in [0.717, 1.165) is 19.4 Å².